The fourth-order valence-electron chi connectivity index (χ4n) is 3.80. The Bertz CT molecular complexity index is 912. The van der Waals surface area contributed by atoms with Crippen molar-refractivity contribution < 1.29 is 4.79 Å². The highest BCUT2D eigenvalue weighted by molar-refractivity contribution is 5.94. The number of aromatic nitrogens is 2. The van der Waals surface area contributed by atoms with E-state index in [1.54, 1.807) is 0 Å². The van der Waals surface area contributed by atoms with Crippen molar-refractivity contribution in [3.63, 3.8) is 0 Å². The molecule has 3 aliphatic rings. The molecule has 6 nitrogen and oxygen atoms in total. The summed E-state index contributed by atoms with van der Waals surface area (Å²) < 4.78 is 0. The second-order valence-electron chi connectivity index (χ2n) is 7.16. The minimum atomic E-state index is 0.0925. The van der Waals surface area contributed by atoms with Crippen LogP contribution in [0.2, 0.25) is 0 Å². The van der Waals surface area contributed by atoms with Crippen LogP contribution >= 0.6 is 0 Å². The van der Waals surface area contributed by atoms with Crippen molar-refractivity contribution in [3.8, 4) is 0 Å². The molecule has 0 bridgehead atoms. The van der Waals surface area contributed by atoms with Crippen LogP contribution in [0.4, 0.5) is 0 Å². The summed E-state index contributed by atoms with van der Waals surface area (Å²) in [5, 5.41) is 16.0. The zero-order valence-electron chi connectivity index (χ0n) is 15.1. The normalized spacial score (nSPS) is 20.0. The van der Waals surface area contributed by atoms with Crippen LogP contribution in [0.25, 0.3) is 11.9 Å². The lowest BCUT2D eigenvalue weighted by Gasteiger charge is -2.18. The number of aliphatic imine (C=N–C) groups is 1. The first-order valence-electron chi connectivity index (χ1n) is 9.46. The summed E-state index contributed by atoms with van der Waals surface area (Å²) in [6, 6.07) is 0.363. The van der Waals surface area contributed by atoms with Gasteiger partial charge in [-0.1, -0.05) is 25.0 Å². The summed E-state index contributed by atoms with van der Waals surface area (Å²) in [5.41, 5.74) is 2.87. The monoisotopic (exact) mass is 351 g/mol. The van der Waals surface area contributed by atoms with E-state index in [4.69, 9.17) is 0 Å². The molecule has 0 radical (unpaired) electrons. The average Bonchev–Trinajstić information content (AvgIpc) is 3.23. The number of rotatable bonds is 4. The molecule has 1 amide bonds. The maximum Gasteiger partial charge on any atom is 0.247 e. The first-order valence-corrected chi connectivity index (χ1v) is 9.46. The lowest BCUT2D eigenvalue weighted by atomic mass is 10.0. The predicted octanol–water partition coefficient (Wildman–Crippen LogP) is 1.29. The van der Waals surface area contributed by atoms with Gasteiger partial charge in [-0.3, -0.25) is 9.89 Å². The van der Waals surface area contributed by atoms with E-state index < -0.39 is 0 Å². The van der Waals surface area contributed by atoms with Crippen molar-refractivity contribution in [3.05, 3.63) is 39.7 Å². The Morgan fingerprint density at radius 2 is 2.08 bits per heavy atom. The molecule has 0 saturated heterocycles. The second kappa shape index (κ2) is 7.32. The molecular weight excluding hydrogens is 326 g/mol. The van der Waals surface area contributed by atoms with Gasteiger partial charge in [0.1, 0.15) is 5.82 Å². The predicted molar refractivity (Wildman–Crippen MR) is 102 cm³/mol. The third-order valence-corrected chi connectivity index (χ3v) is 5.27. The van der Waals surface area contributed by atoms with E-state index in [-0.39, 0.29) is 5.91 Å². The molecule has 0 spiro atoms. The van der Waals surface area contributed by atoms with Crippen molar-refractivity contribution in [2.45, 2.75) is 57.9 Å². The number of nitrogens with zero attached hydrogens (tertiary/aromatic N) is 2. The van der Waals surface area contributed by atoms with Crippen LogP contribution in [0.15, 0.2) is 28.4 Å². The molecule has 4 rings (SSSR count). The maximum absolute atomic E-state index is 12.4. The van der Waals surface area contributed by atoms with Crippen molar-refractivity contribution in [2.24, 2.45) is 4.99 Å². The molecule has 6 heteroatoms. The Hall–Kier alpha value is -2.63. The van der Waals surface area contributed by atoms with Gasteiger partial charge in [0.05, 0.1) is 16.3 Å². The quantitative estimate of drug-likeness (QED) is 0.764. The van der Waals surface area contributed by atoms with E-state index in [1.807, 2.05) is 25.3 Å². The number of H-pyrrole nitrogens is 1. The standard InChI is InChI=1S/C20H25N5O/c1-13-18-17(25-24-13)7-4-12-21-19(18)22-16-10-8-14(9-11-16)20(26)23-15-5-2-3-6-15/h7-8,10,12,15,22,25H,2-6,9,11H2,1H3,(H,23,26). The summed E-state index contributed by atoms with van der Waals surface area (Å²) >= 11 is 0. The number of hydrogen-bond acceptors (Lipinski definition) is 4. The second-order valence-corrected chi connectivity index (χ2v) is 7.16. The molecule has 0 unspecified atom stereocenters. The van der Waals surface area contributed by atoms with Gasteiger partial charge in [-0.15, -0.1) is 0 Å². The molecule has 2 heterocycles. The third-order valence-electron chi connectivity index (χ3n) is 5.27. The van der Waals surface area contributed by atoms with Crippen LogP contribution in [0.1, 0.15) is 50.6 Å². The minimum Gasteiger partial charge on any atom is -0.350 e. The number of aryl methyl sites for hydroxylation is 1. The molecule has 1 aliphatic heterocycles. The van der Waals surface area contributed by atoms with Gasteiger partial charge in [-0.05, 0) is 38.7 Å². The van der Waals surface area contributed by atoms with E-state index in [9.17, 15) is 4.79 Å². The van der Waals surface area contributed by atoms with Crippen LogP contribution < -0.4 is 21.2 Å². The van der Waals surface area contributed by atoms with Crippen molar-refractivity contribution in [1.29, 1.82) is 0 Å². The van der Waals surface area contributed by atoms with Crippen molar-refractivity contribution in [2.75, 3.05) is 0 Å². The highest BCUT2D eigenvalue weighted by atomic mass is 16.1. The largest absolute Gasteiger partial charge is 0.350 e. The van der Waals surface area contributed by atoms with E-state index in [0.29, 0.717) is 6.04 Å². The molecule has 3 N–H and O–H groups in total. The number of carbonyl (C=O) groups excluding carboxylic acids is 1. The Morgan fingerprint density at radius 1 is 1.23 bits per heavy atom. The highest BCUT2D eigenvalue weighted by Crippen LogP contribution is 2.21. The molecule has 1 fully saturated rings. The number of amides is 1. The summed E-state index contributed by atoms with van der Waals surface area (Å²) in [7, 11) is 0. The van der Waals surface area contributed by atoms with E-state index in [2.05, 4.69) is 31.9 Å². The van der Waals surface area contributed by atoms with Crippen LogP contribution in [-0.2, 0) is 4.79 Å². The van der Waals surface area contributed by atoms with E-state index in [1.165, 1.54) is 12.8 Å². The van der Waals surface area contributed by atoms with Crippen molar-refractivity contribution in [1.82, 2.24) is 20.8 Å². The molecule has 0 atom stereocenters. The van der Waals surface area contributed by atoms with E-state index in [0.717, 1.165) is 65.5 Å². The molecule has 0 aromatic carbocycles. The minimum absolute atomic E-state index is 0.0925. The number of nitrogens with one attached hydrogen (secondary N) is 3. The Kier molecular flexibility index (Phi) is 4.73. The molecular formula is C20H25N5O. The van der Waals surface area contributed by atoms with Crippen LogP contribution in [-0.4, -0.2) is 28.4 Å². The number of allylic oxidation sites excluding steroid dienone is 3. The summed E-state index contributed by atoms with van der Waals surface area (Å²) in [6.45, 7) is 1.98. The Morgan fingerprint density at radius 3 is 2.85 bits per heavy atom. The third kappa shape index (κ3) is 3.49. The number of hydrogen-bond donors (Lipinski definition) is 3. The van der Waals surface area contributed by atoms with Gasteiger partial charge in [-0.2, -0.15) is 5.10 Å². The van der Waals surface area contributed by atoms with Gasteiger partial charge in [0.2, 0.25) is 5.91 Å². The van der Waals surface area contributed by atoms with Crippen LogP contribution in [0, 0.1) is 6.92 Å². The van der Waals surface area contributed by atoms with Gasteiger partial charge in [0.25, 0.3) is 0 Å². The number of carbonyl (C=O) groups is 1. The highest BCUT2D eigenvalue weighted by Gasteiger charge is 2.20. The smallest absolute Gasteiger partial charge is 0.247 e. The van der Waals surface area contributed by atoms with Crippen LogP contribution in [0.3, 0.4) is 0 Å². The molecule has 26 heavy (non-hydrogen) atoms. The van der Waals surface area contributed by atoms with Gasteiger partial charge >= 0.3 is 0 Å². The van der Waals surface area contributed by atoms with E-state index >= 15 is 0 Å². The Balaban J connectivity index is 1.50. The zero-order chi connectivity index (χ0) is 17.9. The SMILES string of the molecule is Cc1n[nH]c2c1=C(NC1=CC=C(C(=O)NC3CCCC3)CC1)N=CCC=2. The summed E-state index contributed by atoms with van der Waals surface area (Å²) in [4.78, 5) is 17.0. The van der Waals surface area contributed by atoms with Gasteiger partial charge in [0, 0.05) is 29.9 Å². The van der Waals surface area contributed by atoms with Crippen LogP contribution in [0.5, 0.6) is 0 Å². The average molecular weight is 351 g/mol. The molecule has 1 aromatic heterocycles. The fraction of sp³-hybridized carbons (Fsp3) is 0.450. The summed E-state index contributed by atoms with van der Waals surface area (Å²) in [6.07, 6.45) is 14.9. The Labute approximate surface area is 152 Å². The molecule has 1 aromatic rings. The zero-order valence-corrected chi connectivity index (χ0v) is 15.1. The first-order chi connectivity index (χ1) is 12.7. The fourth-order valence-corrected chi connectivity index (χ4v) is 3.80. The molecule has 2 aliphatic carbocycles. The lowest BCUT2D eigenvalue weighted by molar-refractivity contribution is -0.118. The van der Waals surface area contributed by atoms with Gasteiger partial charge in [-0.25, -0.2) is 4.99 Å². The summed E-state index contributed by atoms with van der Waals surface area (Å²) in [5.74, 6) is 0.911. The van der Waals surface area contributed by atoms with Gasteiger partial charge < -0.3 is 10.6 Å². The maximum atomic E-state index is 12.4. The number of aromatic amines is 1. The topological polar surface area (TPSA) is 82.2 Å². The lowest BCUT2D eigenvalue weighted by Crippen LogP contribution is -2.34. The number of fused-ring (bicyclic) bond motifs is 1. The molecule has 1 saturated carbocycles. The first kappa shape index (κ1) is 16.8. The molecule has 136 valence electrons. The van der Waals surface area contributed by atoms with Gasteiger partial charge in [0.15, 0.2) is 0 Å². The van der Waals surface area contributed by atoms with Crippen molar-refractivity contribution >= 4 is 24.0 Å².